The molecular formula is C19H20N4O2S. The van der Waals surface area contributed by atoms with Crippen LogP contribution in [-0.4, -0.2) is 34.6 Å². The first-order valence-corrected chi connectivity index (χ1v) is 9.57. The van der Waals surface area contributed by atoms with Crippen molar-refractivity contribution in [2.45, 2.75) is 19.4 Å². The lowest BCUT2D eigenvalue weighted by Crippen LogP contribution is -2.38. The normalized spacial score (nSPS) is 17.4. The number of nitrogens with zero attached hydrogens (tertiary/aromatic N) is 3. The third-order valence-electron chi connectivity index (χ3n) is 4.43. The maximum Gasteiger partial charge on any atom is 0.251 e. The van der Waals surface area contributed by atoms with E-state index in [1.807, 2.05) is 25.1 Å². The summed E-state index contributed by atoms with van der Waals surface area (Å²) in [6.45, 7) is 4.26. The molecule has 4 heterocycles. The molecule has 1 aliphatic rings. The van der Waals surface area contributed by atoms with Gasteiger partial charge in [0.05, 0.1) is 13.2 Å². The number of rotatable bonds is 4. The van der Waals surface area contributed by atoms with Crippen LogP contribution in [0.2, 0.25) is 0 Å². The highest BCUT2D eigenvalue weighted by atomic mass is 32.1. The Bertz CT molecular complexity index is 921. The topological polar surface area (TPSA) is 71.1 Å². The minimum absolute atomic E-state index is 0.0875. The second-order valence-corrected chi connectivity index (χ2v) is 7.14. The van der Waals surface area contributed by atoms with Crippen molar-refractivity contribution in [3.05, 3.63) is 62.8 Å². The minimum Gasteiger partial charge on any atom is -0.369 e. The number of thiophene rings is 1. The summed E-state index contributed by atoms with van der Waals surface area (Å²) in [4.78, 5) is 27.1. The zero-order valence-corrected chi connectivity index (χ0v) is 15.3. The lowest BCUT2D eigenvalue weighted by Gasteiger charge is -2.33. The van der Waals surface area contributed by atoms with Crippen LogP contribution in [-0.2, 0) is 11.2 Å². The van der Waals surface area contributed by atoms with Crippen molar-refractivity contribution in [3.63, 3.8) is 0 Å². The highest BCUT2D eigenvalue weighted by molar-refractivity contribution is 7.10. The molecule has 3 aromatic rings. The summed E-state index contributed by atoms with van der Waals surface area (Å²) >= 11 is 1.72. The first-order valence-electron chi connectivity index (χ1n) is 8.69. The van der Waals surface area contributed by atoms with Crippen molar-refractivity contribution in [1.82, 2.24) is 15.0 Å². The molecular weight excluding hydrogens is 348 g/mol. The fourth-order valence-corrected chi connectivity index (χ4v) is 3.81. The van der Waals surface area contributed by atoms with Crippen LogP contribution >= 0.6 is 11.3 Å². The Morgan fingerprint density at radius 1 is 1.38 bits per heavy atom. The van der Waals surface area contributed by atoms with Crippen LogP contribution in [0.5, 0.6) is 0 Å². The van der Waals surface area contributed by atoms with Gasteiger partial charge in [-0.05, 0) is 30.0 Å². The van der Waals surface area contributed by atoms with Crippen molar-refractivity contribution in [1.29, 1.82) is 0 Å². The molecule has 6 nitrogen and oxygen atoms in total. The predicted octanol–water partition coefficient (Wildman–Crippen LogP) is 3.03. The number of hydrogen-bond acceptors (Lipinski definition) is 6. The number of nitrogens with one attached hydrogen (secondary N) is 1. The average Bonchev–Trinajstić information content (AvgIpc) is 3.22. The summed E-state index contributed by atoms with van der Waals surface area (Å²) < 4.78 is 5.90. The van der Waals surface area contributed by atoms with Gasteiger partial charge in [0.25, 0.3) is 5.56 Å². The zero-order valence-electron chi connectivity index (χ0n) is 14.5. The molecule has 1 fully saturated rings. The Balaban J connectivity index is 1.54. The largest absolute Gasteiger partial charge is 0.369 e. The van der Waals surface area contributed by atoms with Crippen molar-refractivity contribution in [2.24, 2.45) is 0 Å². The summed E-state index contributed by atoms with van der Waals surface area (Å²) in [5, 5.41) is 2.07. The Labute approximate surface area is 155 Å². The van der Waals surface area contributed by atoms with Crippen molar-refractivity contribution in [2.75, 3.05) is 24.6 Å². The number of aromatic nitrogens is 3. The van der Waals surface area contributed by atoms with Crippen LogP contribution in [0, 0.1) is 0 Å². The predicted molar refractivity (Wildman–Crippen MR) is 103 cm³/mol. The van der Waals surface area contributed by atoms with Crippen molar-refractivity contribution < 1.29 is 4.74 Å². The fourth-order valence-electron chi connectivity index (χ4n) is 3.04. The van der Waals surface area contributed by atoms with Crippen LogP contribution in [0.25, 0.3) is 11.4 Å². The first kappa shape index (κ1) is 16.9. The second-order valence-electron chi connectivity index (χ2n) is 6.16. The number of ether oxygens (including phenoxy) is 1. The monoisotopic (exact) mass is 368 g/mol. The molecule has 0 saturated carbocycles. The first-order chi connectivity index (χ1) is 12.7. The molecule has 0 amide bonds. The van der Waals surface area contributed by atoms with E-state index in [1.54, 1.807) is 17.5 Å². The maximum atomic E-state index is 11.8. The number of hydrogen-bond donors (Lipinski definition) is 1. The third-order valence-corrected chi connectivity index (χ3v) is 5.39. The maximum absolute atomic E-state index is 11.8. The molecule has 0 aliphatic carbocycles. The van der Waals surface area contributed by atoms with E-state index in [-0.39, 0.29) is 11.7 Å². The van der Waals surface area contributed by atoms with Crippen LogP contribution in [0.3, 0.4) is 0 Å². The van der Waals surface area contributed by atoms with Gasteiger partial charge in [0.2, 0.25) is 0 Å². The summed E-state index contributed by atoms with van der Waals surface area (Å²) in [7, 11) is 0. The van der Waals surface area contributed by atoms with Gasteiger partial charge in [-0.15, -0.1) is 11.3 Å². The van der Waals surface area contributed by atoms with Crippen LogP contribution < -0.4 is 10.5 Å². The van der Waals surface area contributed by atoms with Gasteiger partial charge in [-0.3, -0.25) is 4.79 Å². The van der Waals surface area contributed by atoms with Gasteiger partial charge in [0, 0.05) is 34.9 Å². The van der Waals surface area contributed by atoms with Gasteiger partial charge in [-0.25, -0.2) is 9.97 Å². The van der Waals surface area contributed by atoms with Gasteiger partial charge in [-0.1, -0.05) is 13.0 Å². The fraction of sp³-hybridized carbons (Fsp3) is 0.316. The highest BCUT2D eigenvalue weighted by Crippen LogP contribution is 2.28. The summed E-state index contributed by atoms with van der Waals surface area (Å²) in [6.07, 6.45) is 2.58. The molecule has 0 bridgehead atoms. The molecule has 0 spiro atoms. The number of anilines is 1. The van der Waals surface area contributed by atoms with E-state index in [1.165, 1.54) is 10.9 Å². The van der Waals surface area contributed by atoms with E-state index in [0.29, 0.717) is 12.4 Å². The zero-order chi connectivity index (χ0) is 17.9. The number of H-pyrrole nitrogens is 1. The van der Waals surface area contributed by atoms with Crippen LogP contribution in [0.1, 0.15) is 23.6 Å². The summed E-state index contributed by atoms with van der Waals surface area (Å²) in [6, 6.07) is 9.62. The molecule has 26 heavy (non-hydrogen) atoms. The minimum atomic E-state index is -0.136. The van der Waals surface area contributed by atoms with Crippen LogP contribution in [0.15, 0.2) is 46.7 Å². The Kier molecular flexibility index (Phi) is 4.81. The lowest BCUT2D eigenvalue weighted by molar-refractivity contribution is 0.0418. The second kappa shape index (κ2) is 7.39. The average molecular weight is 368 g/mol. The smallest absolute Gasteiger partial charge is 0.251 e. The summed E-state index contributed by atoms with van der Waals surface area (Å²) in [5.41, 5.74) is 1.45. The molecule has 7 heteroatoms. The van der Waals surface area contributed by atoms with Gasteiger partial charge in [0.1, 0.15) is 17.7 Å². The summed E-state index contributed by atoms with van der Waals surface area (Å²) in [5.74, 6) is 1.47. The third kappa shape index (κ3) is 3.54. The van der Waals surface area contributed by atoms with E-state index in [0.717, 1.165) is 36.6 Å². The molecule has 1 N–H and O–H groups in total. The molecule has 3 aromatic heterocycles. The number of morpholine rings is 1. The molecule has 1 aliphatic heterocycles. The number of pyridine rings is 1. The number of aromatic amines is 1. The standard InChI is InChI=1S/C19H20N4O2S/c1-2-14-10-18(24)22-19(21-14)13-5-6-17(20-11-13)23-7-8-25-15(12-23)16-4-3-9-26-16/h3-6,9-11,15H,2,7-8,12H2,1H3,(H,21,22,24). The molecule has 0 radical (unpaired) electrons. The molecule has 1 unspecified atom stereocenters. The molecule has 4 rings (SSSR count). The van der Waals surface area contributed by atoms with E-state index < -0.39 is 0 Å². The van der Waals surface area contributed by atoms with Crippen LogP contribution in [0.4, 0.5) is 5.82 Å². The Hall–Kier alpha value is -2.51. The molecule has 1 atom stereocenters. The molecule has 1 saturated heterocycles. The van der Waals surface area contributed by atoms with Gasteiger partial charge >= 0.3 is 0 Å². The SMILES string of the molecule is CCc1cc(=O)[nH]c(-c2ccc(N3CCOC(c4cccs4)C3)nc2)n1. The van der Waals surface area contributed by atoms with E-state index in [9.17, 15) is 4.79 Å². The molecule has 134 valence electrons. The van der Waals surface area contributed by atoms with E-state index in [2.05, 4.69) is 31.3 Å². The quantitative estimate of drug-likeness (QED) is 0.766. The van der Waals surface area contributed by atoms with Gasteiger partial charge in [0.15, 0.2) is 0 Å². The van der Waals surface area contributed by atoms with E-state index in [4.69, 9.17) is 4.74 Å². The number of aryl methyl sites for hydroxylation is 1. The van der Waals surface area contributed by atoms with Gasteiger partial charge < -0.3 is 14.6 Å². The van der Waals surface area contributed by atoms with E-state index >= 15 is 0 Å². The van der Waals surface area contributed by atoms with Gasteiger partial charge in [-0.2, -0.15) is 0 Å². The lowest BCUT2D eigenvalue weighted by atomic mass is 10.2. The van der Waals surface area contributed by atoms with Crippen molar-refractivity contribution >= 4 is 17.2 Å². The highest BCUT2D eigenvalue weighted by Gasteiger charge is 2.23. The Morgan fingerprint density at radius 3 is 3.04 bits per heavy atom. The molecule has 0 aromatic carbocycles. The van der Waals surface area contributed by atoms with Crippen molar-refractivity contribution in [3.8, 4) is 11.4 Å². The Morgan fingerprint density at radius 2 is 2.31 bits per heavy atom.